The third-order valence-electron chi connectivity index (χ3n) is 5.73. The van der Waals surface area contributed by atoms with Crippen LogP contribution >= 0.6 is 11.8 Å². The van der Waals surface area contributed by atoms with Crippen molar-refractivity contribution in [1.82, 2.24) is 9.62 Å². The average Bonchev–Trinajstić information content (AvgIpc) is 2.82. The summed E-state index contributed by atoms with van der Waals surface area (Å²) in [5.41, 5.74) is 1.75. The van der Waals surface area contributed by atoms with E-state index in [1.807, 2.05) is 12.3 Å². The molecule has 1 aliphatic heterocycles. The van der Waals surface area contributed by atoms with Crippen molar-refractivity contribution < 1.29 is 13.2 Å². The molecule has 0 aromatic heterocycles. The Morgan fingerprint density at radius 2 is 1.75 bits per heavy atom. The van der Waals surface area contributed by atoms with Gasteiger partial charge >= 0.3 is 0 Å². The molecule has 2 aromatic rings. The number of Topliss-reactive ketones (excluding diaryl/α,β-unsaturated/α-hetero) is 1. The quantitative estimate of drug-likeness (QED) is 0.302. The molecule has 174 valence electrons. The highest BCUT2D eigenvalue weighted by Gasteiger charge is 2.20. The number of ketones is 1. The lowest BCUT2D eigenvalue weighted by molar-refractivity contribution is 0.0977. The fourth-order valence-corrected chi connectivity index (χ4v) is 6.16. The SMILES string of the molecule is CCNS(=O)(=O)c1cc(C(=O)CCCCN2CCN(c3ccccc3)CC2)ccc1SC. The van der Waals surface area contributed by atoms with Gasteiger partial charge in [0.1, 0.15) is 0 Å². The first-order valence-electron chi connectivity index (χ1n) is 11.2. The summed E-state index contributed by atoms with van der Waals surface area (Å²) in [6.45, 7) is 7.15. The van der Waals surface area contributed by atoms with Crippen LogP contribution in [0.15, 0.2) is 58.3 Å². The molecule has 1 heterocycles. The summed E-state index contributed by atoms with van der Waals surface area (Å²) < 4.78 is 27.5. The van der Waals surface area contributed by atoms with E-state index in [1.54, 1.807) is 19.1 Å². The number of para-hydroxylation sites is 1. The Hall–Kier alpha value is -1.87. The summed E-state index contributed by atoms with van der Waals surface area (Å²) in [4.78, 5) is 18.4. The average molecular weight is 476 g/mol. The Labute approximate surface area is 196 Å². The van der Waals surface area contributed by atoms with Gasteiger partial charge in [-0.2, -0.15) is 0 Å². The van der Waals surface area contributed by atoms with E-state index in [-0.39, 0.29) is 10.7 Å². The number of nitrogens with one attached hydrogen (secondary N) is 1. The standard InChI is InChI=1S/C24H33N3O3S2/c1-3-25-32(29,30)24-19-20(12-13-23(24)31-2)22(28)11-7-8-14-26-15-17-27(18-16-26)21-9-5-4-6-10-21/h4-6,9-10,12-13,19,25H,3,7-8,11,14-18H2,1-2H3. The molecule has 1 fully saturated rings. The van der Waals surface area contributed by atoms with E-state index < -0.39 is 10.0 Å². The van der Waals surface area contributed by atoms with Crippen molar-refractivity contribution in [3.05, 3.63) is 54.1 Å². The van der Waals surface area contributed by atoms with Crippen LogP contribution < -0.4 is 9.62 Å². The van der Waals surface area contributed by atoms with Crippen molar-refractivity contribution in [2.24, 2.45) is 0 Å². The van der Waals surface area contributed by atoms with Crippen molar-refractivity contribution in [3.63, 3.8) is 0 Å². The first kappa shape index (κ1) is 24.8. The molecular weight excluding hydrogens is 442 g/mol. The molecule has 0 amide bonds. The third-order valence-corrected chi connectivity index (χ3v) is 8.24. The molecule has 1 N–H and O–H groups in total. The normalized spacial score (nSPS) is 15.1. The van der Waals surface area contributed by atoms with Crippen molar-refractivity contribution in [2.75, 3.05) is 50.4 Å². The first-order chi connectivity index (χ1) is 15.4. The maximum absolute atomic E-state index is 12.7. The lowest BCUT2D eigenvalue weighted by Crippen LogP contribution is -2.46. The Morgan fingerprint density at radius 3 is 2.41 bits per heavy atom. The molecule has 8 heteroatoms. The van der Waals surface area contributed by atoms with Crippen LogP contribution in [0.2, 0.25) is 0 Å². The molecule has 0 radical (unpaired) electrons. The van der Waals surface area contributed by atoms with E-state index in [0.717, 1.165) is 45.6 Å². The van der Waals surface area contributed by atoms with E-state index in [2.05, 4.69) is 38.8 Å². The summed E-state index contributed by atoms with van der Waals surface area (Å²) in [5.74, 6) is -0.000464. The molecule has 0 unspecified atom stereocenters. The molecular formula is C24H33N3O3S2. The number of carbonyl (C=O) groups is 1. The highest BCUT2D eigenvalue weighted by Crippen LogP contribution is 2.26. The molecule has 0 saturated carbocycles. The van der Waals surface area contributed by atoms with Crippen LogP contribution in [-0.4, -0.2) is 64.6 Å². The van der Waals surface area contributed by atoms with E-state index in [0.29, 0.717) is 23.4 Å². The van der Waals surface area contributed by atoms with Gasteiger partial charge in [-0.1, -0.05) is 31.2 Å². The van der Waals surface area contributed by atoms with Gasteiger partial charge in [0.25, 0.3) is 0 Å². The molecule has 0 bridgehead atoms. The number of carbonyl (C=O) groups excluding carboxylic acids is 1. The number of thioether (sulfide) groups is 1. The zero-order valence-electron chi connectivity index (χ0n) is 18.9. The molecule has 1 saturated heterocycles. The molecule has 32 heavy (non-hydrogen) atoms. The van der Waals surface area contributed by atoms with E-state index in [1.165, 1.54) is 23.5 Å². The minimum Gasteiger partial charge on any atom is -0.369 e. The number of piperazine rings is 1. The second-order valence-electron chi connectivity index (χ2n) is 7.91. The minimum atomic E-state index is -3.61. The predicted molar refractivity (Wildman–Crippen MR) is 132 cm³/mol. The van der Waals surface area contributed by atoms with Gasteiger partial charge in [-0.15, -0.1) is 11.8 Å². The van der Waals surface area contributed by atoms with Gasteiger partial charge in [-0.05, 0) is 49.9 Å². The van der Waals surface area contributed by atoms with Gasteiger partial charge in [-0.25, -0.2) is 13.1 Å². The lowest BCUT2D eigenvalue weighted by atomic mass is 10.1. The first-order valence-corrected chi connectivity index (χ1v) is 13.9. The number of anilines is 1. The van der Waals surface area contributed by atoms with Crippen molar-refractivity contribution >= 4 is 33.3 Å². The molecule has 0 atom stereocenters. The second-order valence-corrected chi connectivity index (χ2v) is 10.5. The van der Waals surface area contributed by atoms with Crippen LogP contribution in [0.1, 0.15) is 36.5 Å². The zero-order valence-corrected chi connectivity index (χ0v) is 20.6. The van der Waals surface area contributed by atoms with E-state index in [4.69, 9.17) is 0 Å². The second kappa shape index (κ2) is 11.8. The lowest BCUT2D eigenvalue weighted by Gasteiger charge is -2.36. The van der Waals surface area contributed by atoms with Crippen LogP contribution in [0.4, 0.5) is 5.69 Å². The van der Waals surface area contributed by atoms with Crippen LogP contribution in [-0.2, 0) is 10.0 Å². The van der Waals surface area contributed by atoms with Gasteiger partial charge in [0.2, 0.25) is 10.0 Å². The fourth-order valence-electron chi connectivity index (χ4n) is 3.96. The van der Waals surface area contributed by atoms with Crippen LogP contribution in [0.5, 0.6) is 0 Å². The van der Waals surface area contributed by atoms with Crippen LogP contribution in [0, 0.1) is 0 Å². The van der Waals surface area contributed by atoms with E-state index in [9.17, 15) is 13.2 Å². The van der Waals surface area contributed by atoms with Gasteiger partial charge in [0.15, 0.2) is 5.78 Å². The van der Waals surface area contributed by atoms with Gasteiger partial charge < -0.3 is 4.90 Å². The maximum Gasteiger partial charge on any atom is 0.241 e. The number of hydrogen-bond acceptors (Lipinski definition) is 6. The molecule has 1 aliphatic rings. The monoisotopic (exact) mass is 475 g/mol. The number of hydrogen-bond donors (Lipinski definition) is 1. The van der Waals surface area contributed by atoms with Gasteiger partial charge in [0.05, 0.1) is 4.90 Å². The summed E-state index contributed by atoms with van der Waals surface area (Å²) in [7, 11) is -3.61. The van der Waals surface area contributed by atoms with E-state index >= 15 is 0 Å². The van der Waals surface area contributed by atoms with Gasteiger partial charge in [0, 0.05) is 55.3 Å². The number of benzene rings is 2. The molecule has 2 aromatic carbocycles. The number of sulfonamides is 1. The molecule has 0 aliphatic carbocycles. The summed E-state index contributed by atoms with van der Waals surface area (Å²) in [5, 5.41) is 0. The zero-order chi connectivity index (χ0) is 23.0. The predicted octanol–water partition coefficient (Wildman–Crippen LogP) is 3.88. The highest BCUT2D eigenvalue weighted by atomic mass is 32.2. The van der Waals surface area contributed by atoms with Crippen LogP contribution in [0.25, 0.3) is 0 Å². The van der Waals surface area contributed by atoms with Crippen LogP contribution in [0.3, 0.4) is 0 Å². The topological polar surface area (TPSA) is 69.7 Å². The third kappa shape index (κ3) is 6.57. The largest absolute Gasteiger partial charge is 0.369 e. The van der Waals surface area contributed by atoms with Crippen molar-refractivity contribution in [3.8, 4) is 0 Å². The smallest absolute Gasteiger partial charge is 0.241 e. The highest BCUT2D eigenvalue weighted by molar-refractivity contribution is 7.99. The Kier molecular flexibility index (Phi) is 9.16. The number of rotatable bonds is 11. The summed E-state index contributed by atoms with van der Waals surface area (Å²) in [6.07, 6.45) is 4.03. The number of unbranched alkanes of at least 4 members (excludes halogenated alkanes) is 1. The van der Waals surface area contributed by atoms with Gasteiger partial charge in [-0.3, -0.25) is 9.69 Å². The maximum atomic E-state index is 12.7. The summed E-state index contributed by atoms with van der Waals surface area (Å²) >= 11 is 1.37. The van der Waals surface area contributed by atoms with Crippen molar-refractivity contribution in [2.45, 2.75) is 36.0 Å². The van der Waals surface area contributed by atoms with Crippen molar-refractivity contribution in [1.29, 1.82) is 0 Å². The fraction of sp³-hybridized carbons (Fsp3) is 0.458. The molecule has 6 nitrogen and oxygen atoms in total. The Bertz CT molecular complexity index is 989. The minimum absolute atomic E-state index is 0.000464. The number of nitrogens with zero attached hydrogens (tertiary/aromatic N) is 2. The molecule has 0 spiro atoms. The Morgan fingerprint density at radius 1 is 1.03 bits per heavy atom. The molecule has 3 rings (SSSR count). The Balaban J connectivity index is 1.46. The summed E-state index contributed by atoms with van der Waals surface area (Å²) in [6, 6.07) is 15.5.